The fourth-order valence-corrected chi connectivity index (χ4v) is 3.72. The topological polar surface area (TPSA) is 78.4 Å². The number of fused-ring (bicyclic) bond motifs is 2. The van der Waals surface area contributed by atoms with Gasteiger partial charge in [-0.2, -0.15) is 0 Å². The molecule has 5 heteroatoms. The second-order valence-corrected chi connectivity index (χ2v) is 5.56. The predicted molar refractivity (Wildman–Crippen MR) is 55.5 cm³/mol. The highest BCUT2D eigenvalue weighted by atomic mass is 16.3. The Labute approximate surface area is 93.6 Å². The zero-order valence-corrected chi connectivity index (χ0v) is 9.08. The van der Waals surface area contributed by atoms with Gasteiger partial charge >= 0.3 is 6.03 Å². The molecule has 3 rings (SSSR count). The number of rotatable bonds is 0. The minimum atomic E-state index is -0.838. The number of hydrogen-bond donors (Lipinski definition) is 3. The van der Waals surface area contributed by atoms with E-state index in [-0.39, 0.29) is 5.91 Å². The molecule has 3 aliphatic rings. The number of amides is 3. The molecule has 0 radical (unpaired) electrons. The Balaban J connectivity index is 1.92. The molecule has 3 fully saturated rings. The molecule has 2 saturated carbocycles. The van der Waals surface area contributed by atoms with Crippen molar-refractivity contribution in [3.63, 3.8) is 0 Å². The minimum Gasteiger partial charge on any atom is -0.390 e. The molecule has 88 valence electrons. The van der Waals surface area contributed by atoms with Crippen molar-refractivity contribution in [2.75, 3.05) is 0 Å². The lowest BCUT2D eigenvalue weighted by atomic mass is 9.62. The summed E-state index contributed by atoms with van der Waals surface area (Å²) in [6, 6.07) is -0.423. The molecular formula is C11H16N2O3. The molecule has 2 aliphatic carbocycles. The number of hydrogen-bond acceptors (Lipinski definition) is 3. The van der Waals surface area contributed by atoms with Crippen LogP contribution < -0.4 is 10.6 Å². The zero-order chi connectivity index (χ0) is 11.4. The third-order valence-electron chi connectivity index (χ3n) is 4.21. The highest BCUT2D eigenvalue weighted by Gasteiger charge is 2.56. The Bertz CT molecular complexity index is 370. The van der Waals surface area contributed by atoms with Crippen LogP contribution in [0.2, 0.25) is 0 Å². The van der Waals surface area contributed by atoms with E-state index in [0.29, 0.717) is 18.8 Å². The Kier molecular flexibility index (Phi) is 1.87. The molecule has 3 atom stereocenters. The van der Waals surface area contributed by atoms with E-state index in [1.54, 1.807) is 0 Å². The molecule has 1 spiro atoms. The third kappa shape index (κ3) is 1.34. The lowest BCUT2D eigenvalue weighted by Crippen LogP contribution is -2.59. The van der Waals surface area contributed by atoms with Gasteiger partial charge in [0.1, 0.15) is 5.54 Å². The van der Waals surface area contributed by atoms with Gasteiger partial charge in [-0.1, -0.05) is 12.8 Å². The number of carbonyl (C=O) groups is 2. The van der Waals surface area contributed by atoms with Crippen LogP contribution in [0.4, 0.5) is 4.79 Å². The summed E-state index contributed by atoms with van der Waals surface area (Å²) in [7, 11) is 0. The molecule has 1 heterocycles. The van der Waals surface area contributed by atoms with Crippen LogP contribution in [0.1, 0.15) is 38.5 Å². The smallest absolute Gasteiger partial charge is 0.322 e. The fourth-order valence-electron chi connectivity index (χ4n) is 3.72. The van der Waals surface area contributed by atoms with Gasteiger partial charge in [0.25, 0.3) is 5.91 Å². The first-order chi connectivity index (χ1) is 7.51. The minimum absolute atomic E-state index is 0.262. The molecule has 5 nitrogen and oxygen atoms in total. The Morgan fingerprint density at radius 1 is 1.31 bits per heavy atom. The maximum Gasteiger partial charge on any atom is 0.322 e. The van der Waals surface area contributed by atoms with Crippen LogP contribution in [0, 0.1) is 5.92 Å². The summed E-state index contributed by atoms with van der Waals surface area (Å²) < 4.78 is 0. The summed E-state index contributed by atoms with van der Waals surface area (Å²) in [6.45, 7) is 0. The number of imide groups is 1. The van der Waals surface area contributed by atoms with Gasteiger partial charge < -0.3 is 10.4 Å². The first-order valence-electron chi connectivity index (χ1n) is 5.87. The molecule has 2 bridgehead atoms. The van der Waals surface area contributed by atoms with Crippen LogP contribution in [-0.2, 0) is 4.79 Å². The van der Waals surface area contributed by atoms with E-state index in [1.165, 1.54) is 0 Å². The van der Waals surface area contributed by atoms with Crippen LogP contribution in [0.15, 0.2) is 0 Å². The highest BCUT2D eigenvalue weighted by Crippen LogP contribution is 2.47. The molecule has 1 aliphatic heterocycles. The van der Waals surface area contributed by atoms with Gasteiger partial charge in [0.15, 0.2) is 0 Å². The van der Waals surface area contributed by atoms with E-state index < -0.39 is 17.2 Å². The first-order valence-corrected chi connectivity index (χ1v) is 5.87. The average Bonchev–Trinajstić information content (AvgIpc) is 2.38. The first kappa shape index (κ1) is 10.1. The normalized spacial score (nSPS) is 46.7. The van der Waals surface area contributed by atoms with Crippen molar-refractivity contribution in [2.45, 2.75) is 49.7 Å². The molecule has 0 aromatic rings. The SMILES string of the molecule is O=C1NC(=O)C2(CC3CCCC(O)(C3)C2)N1. The van der Waals surface area contributed by atoms with E-state index in [4.69, 9.17) is 0 Å². The van der Waals surface area contributed by atoms with Crippen molar-refractivity contribution in [2.24, 2.45) is 5.92 Å². The Hall–Kier alpha value is -1.10. The van der Waals surface area contributed by atoms with Crippen molar-refractivity contribution in [3.05, 3.63) is 0 Å². The van der Waals surface area contributed by atoms with Gasteiger partial charge in [0.05, 0.1) is 5.60 Å². The highest BCUT2D eigenvalue weighted by molar-refractivity contribution is 6.07. The maximum atomic E-state index is 11.8. The van der Waals surface area contributed by atoms with Gasteiger partial charge in [-0.15, -0.1) is 0 Å². The number of carbonyl (C=O) groups excluding carboxylic acids is 2. The van der Waals surface area contributed by atoms with E-state index in [9.17, 15) is 14.7 Å². The van der Waals surface area contributed by atoms with Gasteiger partial charge in [-0.3, -0.25) is 10.1 Å². The molecule has 0 aromatic carbocycles. The second-order valence-electron chi connectivity index (χ2n) is 5.56. The maximum absolute atomic E-state index is 11.8. The van der Waals surface area contributed by atoms with Gasteiger partial charge in [-0.25, -0.2) is 4.79 Å². The van der Waals surface area contributed by atoms with Crippen molar-refractivity contribution in [3.8, 4) is 0 Å². The molecule has 0 aromatic heterocycles. The molecule has 3 N–H and O–H groups in total. The van der Waals surface area contributed by atoms with Gasteiger partial charge in [0, 0.05) is 6.42 Å². The lowest BCUT2D eigenvalue weighted by molar-refractivity contribution is -0.135. The molecule has 3 unspecified atom stereocenters. The van der Waals surface area contributed by atoms with E-state index >= 15 is 0 Å². The van der Waals surface area contributed by atoms with Crippen molar-refractivity contribution in [1.82, 2.24) is 10.6 Å². The summed E-state index contributed by atoms with van der Waals surface area (Å²) in [5, 5.41) is 15.4. The molecule has 16 heavy (non-hydrogen) atoms. The number of aliphatic hydroxyl groups is 1. The molecular weight excluding hydrogens is 208 g/mol. The summed E-state index contributed by atoms with van der Waals surface area (Å²) in [6.07, 6.45) is 4.63. The van der Waals surface area contributed by atoms with E-state index in [2.05, 4.69) is 10.6 Å². The third-order valence-corrected chi connectivity index (χ3v) is 4.21. The zero-order valence-electron chi connectivity index (χ0n) is 9.08. The van der Waals surface area contributed by atoms with E-state index in [1.807, 2.05) is 0 Å². The lowest BCUT2D eigenvalue weighted by Gasteiger charge is -2.48. The number of nitrogens with one attached hydrogen (secondary N) is 2. The number of urea groups is 1. The standard InChI is InChI=1S/C11H16N2O3/c14-8-11(13-9(15)12-8)5-7-2-1-3-10(16,4-7)6-11/h7,16H,1-6H2,(H2,12,13,14,15). The quantitative estimate of drug-likeness (QED) is 0.517. The monoisotopic (exact) mass is 224 g/mol. The summed E-state index contributed by atoms with van der Waals surface area (Å²) in [5.74, 6) is 0.0965. The van der Waals surface area contributed by atoms with E-state index in [0.717, 1.165) is 25.7 Å². The summed E-state index contributed by atoms with van der Waals surface area (Å²) >= 11 is 0. The Morgan fingerprint density at radius 3 is 2.75 bits per heavy atom. The van der Waals surface area contributed by atoms with Crippen LogP contribution in [-0.4, -0.2) is 28.2 Å². The summed E-state index contributed by atoms with van der Waals surface area (Å²) in [4.78, 5) is 23.1. The van der Waals surface area contributed by atoms with Gasteiger partial charge in [0.2, 0.25) is 0 Å². The predicted octanol–water partition coefficient (Wildman–Crippen LogP) is 0.280. The summed E-state index contributed by atoms with van der Waals surface area (Å²) in [5.41, 5.74) is -1.59. The van der Waals surface area contributed by atoms with Crippen LogP contribution in [0.25, 0.3) is 0 Å². The van der Waals surface area contributed by atoms with Crippen LogP contribution in [0.5, 0.6) is 0 Å². The van der Waals surface area contributed by atoms with Gasteiger partial charge in [-0.05, 0) is 25.2 Å². The van der Waals surface area contributed by atoms with Crippen molar-refractivity contribution < 1.29 is 14.7 Å². The Morgan fingerprint density at radius 2 is 2.12 bits per heavy atom. The van der Waals surface area contributed by atoms with Crippen molar-refractivity contribution in [1.29, 1.82) is 0 Å². The largest absolute Gasteiger partial charge is 0.390 e. The second kappa shape index (κ2) is 2.97. The van der Waals surface area contributed by atoms with Crippen LogP contribution >= 0.6 is 0 Å². The fraction of sp³-hybridized carbons (Fsp3) is 0.818. The average molecular weight is 224 g/mol. The van der Waals surface area contributed by atoms with Crippen LogP contribution in [0.3, 0.4) is 0 Å². The molecule has 1 saturated heterocycles. The molecule has 3 amide bonds. The van der Waals surface area contributed by atoms with Crippen molar-refractivity contribution >= 4 is 11.9 Å².